The summed E-state index contributed by atoms with van der Waals surface area (Å²) in [6.45, 7) is 1.14. The number of carbonyl (C=O) groups excluding carboxylic acids is 1. The number of nitrogens with zero attached hydrogens (tertiary/aromatic N) is 4. The predicted molar refractivity (Wildman–Crippen MR) is 117 cm³/mol. The van der Waals surface area contributed by atoms with Gasteiger partial charge in [-0.05, 0) is 38.4 Å². The first kappa shape index (κ1) is 20.9. The highest BCUT2D eigenvalue weighted by molar-refractivity contribution is 7.22. The third-order valence-electron chi connectivity index (χ3n) is 4.03. The van der Waals surface area contributed by atoms with E-state index in [1.807, 2.05) is 37.2 Å². The number of anilines is 1. The van der Waals surface area contributed by atoms with Gasteiger partial charge in [-0.3, -0.25) is 19.8 Å². The first-order valence-corrected chi connectivity index (χ1v) is 10.3. The molecule has 0 radical (unpaired) electrons. The van der Waals surface area contributed by atoms with Crippen molar-refractivity contribution < 1.29 is 14.5 Å². The van der Waals surface area contributed by atoms with Gasteiger partial charge in [0.15, 0.2) is 5.13 Å². The van der Waals surface area contributed by atoms with Crippen LogP contribution in [0.1, 0.15) is 4.88 Å². The van der Waals surface area contributed by atoms with E-state index in [2.05, 4.69) is 4.98 Å². The summed E-state index contributed by atoms with van der Waals surface area (Å²) in [6, 6.07) is 8.68. The SMILES string of the molecule is COc1ccc2sc(N(CCN(C)C)C(=O)C=Cc3ccc([N+](=O)[O-])s3)nc2c1. The van der Waals surface area contributed by atoms with Crippen LogP contribution < -0.4 is 9.64 Å². The highest BCUT2D eigenvalue weighted by Crippen LogP contribution is 2.31. The lowest BCUT2D eigenvalue weighted by Crippen LogP contribution is -2.35. The molecule has 10 heteroatoms. The third-order valence-corrected chi connectivity index (χ3v) is 6.10. The van der Waals surface area contributed by atoms with Crippen molar-refractivity contribution in [3.05, 3.63) is 51.4 Å². The molecule has 2 heterocycles. The number of fused-ring (bicyclic) bond motifs is 1. The zero-order valence-corrected chi connectivity index (χ0v) is 17.8. The number of rotatable bonds is 8. The van der Waals surface area contributed by atoms with Gasteiger partial charge in [0.1, 0.15) is 5.75 Å². The normalized spacial score (nSPS) is 11.4. The molecule has 0 saturated heterocycles. The number of nitro groups is 1. The Labute approximate surface area is 175 Å². The molecule has 0 spiro atoms. The molecule has 0 bridgehead atoms. The van der Waals surface area contributed by atoms with E-state index in [1.54, 1.807) is 24.2 Å². The van der Waals surface area contributed by atoms with Crippen molar-refractivity contribution in [2.45, 2.75) is 0 Å². The number of amides is 1. The smallest absolute Gasteiger partial charge is 0.324 e. The maximum atomic E-state index is 12.9. The average molecular weight is 433 g/mol. The lowest BCUT2D eigenvalue weighted by atomic mass is 10.3. The van der Waals surface area contributed by atoms with Gasteiger partial charge in [0.2, 0.25) is 0 Å². The van der Waals surface area contributed by atoms with Crippen LogP contribution in [0.4, 0.5) is 10.1 Å². The number of benzene rings is 1. The third kappa shape index (κ3) is 5.17. The van der Waals surface area contributed by atoms with E-state index in [1.165, 1.54) is 23.5 Å². The lowest BCUT2D eigenvalue weighted by molar-refractivity contribution is -0.380. The van der Waals surface area contributed by atoms with Crippen LogP contribution >= 0.6 is 22.7 Å². The second kappa shape index (κ2) is 9.12. The maximum absolute atomic E-state index is 12.9. The van der Waals surface area contributed by atoms with Crippen LogP contribution in [0.15, 0.2) is 36.4 Å². The van der Waals surface area contributed by atoms with Crippen molar-refractivity contribution >= 4 is 55.0 Å². The van der Waals surface area contributed by atoms with Gasteiger partial charge in [0.25, 0.3) is 5.91 Å². The molecular weight excluding hydrogens is 412 g/mol. The molecular formula is C19H20N4O4S2. The minimum absolute atomic E-state index is 0.0432. The quantitative estimate of drug-likeness (QED) is 0.305. The van der Waals surface area contributed by atoms with Crippen LogP contribution in [0, 0.1) is 10.1 Å². The Bertz CT molecular complexity index is 1060. The summed E-state index contributed by atoms with van der Waals surface area (Å²) >= 11 is 2.46. The zero-order valence-electron chi connectivity index (χ0n) is 16.2. The zero-order chi connectivity index (χ0) is 21.0. The molecule has 0 aliphatic heterocycles. The lowest BCUT2D eigenvalue weighted by Gasteiger charge is -2.20. The molecule has 0 aliphatic rings. The number of methoxy groups -OCH3 is 1. The van der Waals surface area contributed by atoms with E-state index < -0.39 is 4.92 Å². The van der Waals surface area contributed by atoms with E-state index in [9.17, 15) is 14.9 Å². The van der Waals surface area contributed by atoms with Crippen molar-refractivity contribution in [3.63, 3.8) is 0 Å². The molecule has 29 heavy (non-hydrogen) atoms. The largest absolute Gasteiger partial charge is 0.497 e. The second-order valence-corrected chi connectivity index (χ2v) is 8.49. The Morgan fingerprint density at radius 2 is 2.03 bits per heavy atom. The summed E-state index contributed by atoms with van der Waals surface area (Å²) in [6.07, 6.45) is 3.02. The van der Waals surface area contributed by atoms with Crippen LogP contribution in [0.3, 0.4) is 0 Å². The Balaban J connectivity index is 1.86. The number of ether oxygens (including phenoxy) is 1. The molecule has 1 aromatic carbocycles. The van der Waals surface area contributed by atoms with Crippen molar-refractivity contribution in [3.8, 4) is 5.75 Å². The summed E-state index contributed by atoms with van der Waals surface area (Å²) in [4.78, 5) is 32.1. The molecule has 1 amide bonds. The second-order valence-electron chi connectivity index (χ2n) is 6.39. The highest BCUT2D eigenvalue weighted by atomic mass is 32.1. The summed E-state index contributed by atoms with van der Waals surface area (Å²) in [7, 11) is 5.47. The van der Waals surface area contributed by atoms with Crippen LogP contribution in [-0.2, 0) is 4.79 Å². The number of aromatic nitrogens is 1. The van der Waals surface area contributed by atoms with Gasteiger partial charge in [-0.1, -0.05) is 22.7 Å². The number of thiophene rings is 1. The van der Waals surface area contributed by atoms with E-state index in [0.29, 0.717) is 28.8 Å². The molecule has 0 unspecified atom stereocenters. The predicted octanol–water partition coefficient (Wildman–Crippen LogP) is 3.88. The van der Waals surface area contributed by atoms with Crippen molar-refractivity contribution in [2.75, 3.05) is 39.2 Å². The number of thiazole rings is 1. The van der Waals surface area contributed by atoms with Crippen LogP contribution in [0.25, 0.3) is 16.3 Å². The molecule has 0 saturated carbocycles. The summed E-state index contributed by atoms with van der Waals surface area (Å²) in [5, 5.41) is 11.5. The fourth-order valence-corrected chi connectivity index (χ4v) is 4.21. The first-order chi connectivity index (χ1) is 13.9. The molecule has 0 fully saturated rings. The number of hydrogen-bond donors (Lipinski definition) is 0. The molecule has 3 aromatic rings. The molecule has 0 N–H and O–H groups in total. The fraction of sp³-hybridized carbons (Fsp3) is 0.263. The first-order valence-electron chi connectivity index (χ1n) is 8.70. The van der Waals surface area contributed by atoms with Gasteiger partial charge in [-0.2, -0.15) is 0 Å². The number of hydrogen-bond acceptors (Lipinski definition) is 8. The van der Waals surface area contributed by atoms with Gasteiger partial charge in [-0.25, -0.2) is 4.98 Å². The van der Waals surface area contributed by atoms with Crippen LogP contribution in [0.2, 0.25) is 0 Å². The Morgan fingerprint density at radius 3 is 2.69 bits per heavy atom. The van der Waals surface area contributed by atoms with E-state index in [0.717, 1.165) is 21.6 Å². The van der Waals surface area contributed by atoms with E-state index in [-0.39, 0.29) is 10.9 Å². The Morgan fingerprint density at radius 1 is 1.24 bits per heavy atom. The summed E-state index contributed by atoms with van der Waals surface area (Å²) in [5.41, 5.74) is 0.768. The molecule has 2 aromatic heterocycles. The summed E-state index contributed by atoms with van der Waals surface area (Å²) < 4.78 is 6.20. The molecule has 0 aliphatic carbocycles. The Kier molecular flexibility index (Phi) is 6.57. The van der Waals surface area contributed by atoms with Crippen molar-refractivity contribution in [1.29, 1.82) is 0 Å². The average Bonchev–Trinajstić information content (AvgIpc) is 3.32. The summed E-state index contributed by atoms with van der Waals surface area (Å²) in [5.74, 6) is 0.480. The van der Waals surface area contributed by atoms with Gasteiger partial charge in [0, 0.05) is 36.2 Å². The topological polar surface area (TPSA) is 88.8 Å². The van der Waals surface area contributed by atoms with Gasteiger partial charge in [-0.15, -0.1) is 0 Å². The van der Waals surface area contributed by atoms with Crippen LogP contribution in [-0.4, -0.2) is 55.0 Å². The van der Waals surface area contributed by atoms with Gasteiger partial charge in [0.05, 0.1) is 22.2 Å². The molecule has 3 rings (SSSR count). The number of likely N-dealkylation sites (N-methyl/N-ethyl adjacent to an activating group) is 1. The number of carbonyl (C=O) groups is 1. The maximum Gasteiger partial charge on any atom is 0.324 e. The van der Waals surface area contributed by atoms with Crippen LogP contribution in [0.5, 0.6) is 5.75 Å². The fourth-order valence-electron chi connectivity index (χ4n) is 2.51. The van der Waals surface area contributed by atoms with Crippen molar-refractivity contribution in [1.82, 2.24) is 9.88 Å². The van der Waals surface area contributed by atoms with Gasteiger partial charge < -0.3 is 9.64 Å². The van der Waals surface area contributed by atoms with Crippen molar-refractivity contribution in [2.24, 2.45) is 0 Å². The molecule has 0 atom stereocenters. The minimum atomic E-state index is -0.442. The monoisotopic (exact) mass is 432 g/mol. The van der Waals surface area contributed by atoms with Gasteiger partial charge >= 0.3 is 5.00 Å². The minimum Gasteiger partial charge on any atom is -0.497 e. The highest BCUT2D eigenvalue weighted by Gasteiger charge is 2.18. The Hall–Kier alpha value is -2.82. The van der Waals surface area contributed by atoms with E-state index in [4.69, 9.17) is 4.74 Å². The standard InChI is InChI=1S/C19H20N4O4S2/c1-21(2)10-11-22(17(24)8-5-14-6-9-18(28-14)23(25)26)19-20-15-12-13(27-3)4-7-16(15)29-19/h4-9,12H,10-11H2,1-3H3. The molecule has 8 nitrogen and oxygen atoms in total. The van der Waals surface area contributed by atoms with E-state index >= 15 is 0 Å². The molecule has 152 valence electrons.